The van der Waals surface area contributed by atoms with Crippen LogP contribution < -0.4 is 5.73 Å². The fraction of sp³-hybridized carbons (Fsp3) is 0.429. The van der Waals surface area contributed by atoms with Gasteiger partial charge in [-0.25, -0.2) is 0 Å². The SMILES string of the molecule is N[C@H](c1ccc2[nH]ccc2c1)C1CCOCC1. The Balaban J connectivity index is 1.86. The van der Waals surface area contributed by atoms with Gasteiger partial charge in [0.2, 0.25) is 0 Å². The summed E-state index contributed by atoms with van der Waals surface area (Å²) in [6, 6.07) is 8.68. The number of hydrogen-bond donors (Lipinski definition) is 2. The molecule has 0 aliphatic carbocycles. The van der Waals surface area contributed by atoms with E-state index in [2.05, 4.69) is 29.2 Å². The van der Waals surface area contributed by atoms with E-state index in [-0.39, 0.29) is 6.04 Å². The molecule has 0 unspecified atom stereocenters. The Kier molecular flexibility index (Phi) is 2.87. The maximum Gasteiger partial charge on any atom is 0.0469 e. The zero-order chi connectivity index (χ0) is 11.7. The van der Waals surface area contributed by atoms with E-state index in [9.17, 15) is 0 Å². The van der Waals surface area contributed by atoms with E-state index in [0.717, 1.165) is 26.1 Å². The number of aromatic nitrogens is 1. The molecule has 3 heteroatoms. The van der Waals surface area contributed by atoms with Gasteiger partial charge >= 0.3 is 0 Å². The zero-order valence-corrected chi connectivity index (χ0v) is 9.86. The summed E-state index contributed by atoms with van der Waals surface area (Å²) in [6.45, 7) is 1.70. The molecule has 1 fully saturated rings. The number of rotatable bonds is 2. The van der Waals surface area contributed by atoms with Gasteiger partial charge in [-0.2, -0.15) is 0 Å². The molecular weight excluding hydrogens is 212 g/mol. The van der Waals surface area contributed by atoms with Gasteiger partial charge < -0.3 is 15.5 Å². The van der Waals surface area contributed by atoms with Crippen LogP contribution in [0.4, 0.5) is 0 Å². The number of nitrogens with two attached hydrogens (primary N) is 1. The van der Waals surface area contributed by atoms with Crippen molar-refractivity contribution in [3.8, 4) is 0 Å². The summed E-state index contributed by atoms with van der Waals surface area (Å²) in [6.07, 6.45) is 4.12. The Bertz CT molecular complexity index is 500. The molecule has 3 nitrogen and oxygen atoms in total. The Morgan fingerprint density at radius 1 is 1.24 bits per heavy atom. The van der Waals surface area contributed by atoms with Gasteiger partial charge in [-0.1, -0.05) is 6.07 Å². The first-order chi connectivity index (χ1) is 8.34. The van der Waals surface area contributed by atoms with E-state index >= 15 is 0 Å². The topological polar surface area (TPSA) is 51.0 Å². The summed E-state index contributed by atoms with van der Waals surface area (Å²) in [7, 11) is 0. The number of H-pyrrole nitrogens is 1. The molecular formula is C14H18N2O. The van der Waals surface area contributed by atoms with Gasteiger partial charge in [0.25, 0.3) is 0 Å². The van der Waals surface area contributed by atoms with Gasteiger partial charge in [0.05, 0.1) is 0 Å². The number of fused-ring (bicyclic) bond motifs is 1. The van der Waals surface area contributed by atoms with Crippen LogP contribution in [0.3, 0.4) is 0 Å². The van der Waals surface area contributed by atoms with Gasteiger partial charge in [0, 0.05) is 31.0 Å². The normalized spacial score (nSPS) is 19.6. The fourth-order valence-electron chi connectivity index (χ4n) is 2.63. The lowest BCUT2D eigenvalue weighted by Gasteiger charge is -2.27. The molecule has 0 bridgehead atoms. The molecule has 1 aromatic heterocycles. The molecule has 1 aromatic carbocycles. The van der Waals surface area contributed by atoms with Gasteiger partial charge in [-0.15, -0.1) is 0 Å². The molecule has 1 aliphatic heterocycles. The van der Waals surface area contributed by atoms with Crippen molar-refractivity contribution in [2.75, 3.05) is 13.2 Å². The smallest absolute Gasteiger partial charge is 0.0469 e. The summed E-state index contributed by atoms with van der Waals surface area (Å²) < 4.78 is 5.38. The van der Waals surface area contributed by atoms with Crippen LogP contribution in [0.25, 0.3) is 10.9 Å². The standard InChI is InChI=1S/C14H18N2O/c15-14(10-4-7-17-8-5-10)12-1-2-13-11(9-12)3-6-16-13/h1-3,6,9-10,14,16H,4-5,7-8,15H2/t14-/m0/s1. The Morgan fingerprint density at radius 2 is 2.06 bits per heavy atom. The van der Waals surface area contributed by atoms with Crippen molar-refractivity contribution in [3.05, 3.63) is 36.0 Å². The molecule has 0 radical (unpaired) electrons. The van der Waals surface area contributed by atoms with Crippen LogP contribution in [-0.4, -0.2) is 18.2 Å². The third kappa shape index (κ3) is 2.08. The largest absolute Gasteiger partial charge is 0.381 e. The molecule has 0 amide bonds. The molecule has 0 spiro atoms. The molecule has 17 heavy (non-hydrogen) atoms. The minimum Gasteiger partial charge on any atom is -0.381 e. The van der Waals surface area contributed by atoms with E-state index in [0.29, 0.717) is 5.92 Å². The predicted molar refractivity (Wildman–Crippen MR) is 68.8 cm³/mol. The number of nitrogens with one attached hydrogen (secondary N) is 1. The summed E-state index contributed by atoms with van der Waals surface area (Å²) in [4.78, 5) is 3.20. The maximum absolute atomic E-state index is 6.36. The average molecular weight is 230 g/mol. The minimum atomic E-state index is 0.137. The third-order valence-corrected chi connectivity index (χ3v) is 3.74. The molecule has 3 N–H and O–H groups in total. The molecule has 90 valence electrons. The summed E-state index contributed by atoms with van der Waals surface area (Å²) in [5.41, 5.74) is 8.78. The van der Waals surface area contributed by atoms with Crippen LogP contribution in [0, 0.1) is 5.92 Å². The highest BCUT2D eigenvalue weighted by atomic mass is 16.5. The highest BCUT2D eigenvalue weighted by Crippen LogP contribution is 2.29. The van der Waals surface area contributed by atoms with Crippen LogP contribution >= 0.6 is 0 Å². The predicted octanol–water partition coefficient (Wildman–Crippen LogP) is 2.59. The lowest BCUT2D eigenvalue weighted by molar-refractivity contribution is 0.0584. The average Bonchev–Trinajstić information content (AvgIpc) is 2.86. The second kappa shape index (κ2) is 4.51. The Labute approximate surface area is 101 Å². The van der Waals surface area contributed by atoms with E-state index < -0.39 is 0 Å². The lowest BCUT2D eigenvalue weighted by atomic mass is 9.87. The van der Waals surface area contributed by atoms with Crippen molar-refractivity contribution < 1.29 is 4.74 Å². The van der Waals surface area contributed by atoms with E-state index in [1.54, 1.807) is 0 Å². The van der Waals surface area contributed by atoms with Gasteiger partial charge in [-0.05, 0) is 47.9 Å². The second-order valence-electron chi connectivity index (χ2n) is 4.80. The molecule has 2 aromatic rings. The number of benzene rings is 1. The van der Waals surface area contributed by atoms with Crippen molar-refractivity contribution in [3.63, 3.8) is 0 Å². The van der Waals surface area contributed by atoms with Gasteiger partial charge in [0.15, 0.2) is 0 Å². The van der Waals surface area contributed by atoms with Crippen LogP contribution in [-0.2, 0) is 4.74 Å². The molecule has 2 heterocycles. The summed E-state index contributed by atoms with van der Waals surface area (Å²) >= 11 is 0. The Hall–Kier alpha value is -1.32. The number of ether oxygens (including phenoxy) is 1. The number of aromatic amines is 1. The van der Waals surface area contributed by atoms with E-state index in [4.69, 9.17) is 10.5 Å². The zero-order valence-electron chi connectivity index (χ0n) is 9.86. The molecule has 1 aliphatic rings. The number of hydrogen-bond acceptors (Lipinski definition) is 2. The van der Waals surface area contributed by atoms with Crippen molar-refractivity contribution in [2.24, 2.45) is 11.7 Å². The van der Waals surface area contributed by atoms with Crippen molar-refractivity contribution >= 4 is 10.9 Å². The second-order valence-corrected chi connectivity index (χ2v) is 4.80. The lowest BCUT2D eigenvalue weighted by Crippen LogP contribution is -2.27. The third-order valence-electron chi connectivity index (χ3n) is 3.74. The fourth-order valence-corrected chi connectivity index (χ4v) is 2.63. The highest BCUT2D eigenvalue weighted by molar-refractivity contribution is 5.80. The van der Waals surface area contributed by atoms with Crippen LogP contribution in [0.2, 0.25) is 0 Å². The maximum atomic E-state index is 6.36. The molecule has 3 rings (SSSR count). The molecule has 1 atom stereocenters. The van der Waals surface area contributed by atoms with E-state index in [1.807, 2.05) is 6.20 Å². The van der Waals surface area contributed by atoms with Crippen molar-refractivity contribution in [2.45, 2.75) is 18.9 Å². The van der Waals surface area contributed by atoms with Crippen LogP contribution in [0.1, 0.15) is 24.4 Å². The first kappa shape index (κ1) is 10.8. The van der Waals surface area contributed by atoms with Crippen LogP contribution in [0.15, 0.2) is 30.5 Å². The molecule has 0 saturated carbocycles. The minimum absolute atomic E-state index is 0.137. The van der Waals surface area contributed by atoms with Gasteiger partial charge in [0.1, 0.15) is 0 Å². The van der Waals surface area contributed by atoms with Crippen molar-refractivity contribution in [1.82, 2.24) is 4.98 Å². The summed E-state index contributed by atoms with van der Waals surface area (Å²) in [5.74, 6) is 0.556. The highest BCUT2D eigenvalue weighted by Gasteiger charge is 2.22. The first-order valence-electron chi connectivity index (χ1n) is 6.25. The first-order valence-corrected chi connectivity index (χ1v) is 6.25. The Morgan fingerprint density at radius 3 is 2.88 bits per heavy atom. The monoisotopic (exact) mass is 230 g/mol. The van der Waals surface area contributed by atoms with Crippen molar-refractivity contribution in [1.29, 1.82) is 0 Å². The summed E-state index contributed by atoms with van der Waals surface area (Å²) in [5, 5.41) is 1.24. The quantitative estimate of drug-likeness (QED) is 0.833. The molecule has 1 saturated heterocycles. The van der Waals surface area contributed by atoms with Gasteiger partial charge in [-0.3, -0.25) is 0 Å². The van der Waals surface area contributed by atoms with Crippen LogP contribution in [0.5, 0.6) is 0 Å². The van der Waals surface area contributed by atoms with E-state index in [1.165, 1.54) is 16.5 Å².